The Labute approximate surface area is 142 Å². The molecule has 0 saturated carbocycles. The molecule has 1 aliphatic carbocycles. The summed E-state index contributed by atoms with van der Waals surface area (Å²) in [5.41, 5.74) is 2.53. The first-order valence-electron chi connectivity index (χ1n) is 9.09. The van der Waals surface area contributed by atoms with Crippen LogP contribution in [0.1, 0.15) is 43.7 Å². The lowest BCUT2D eigenvalue weighted by Gasteiger charge is -2.36. The van der Waals surface area contributed by atoms with E-state index in [1.165, 1.54) is 31.3 Å². The summed E-state index contributed by atoms with van der Waals surface area (Å²) in [7, 11) is 0. The molecule has 0 radical (unpaired) electrons. The van der Waals surface area contributed by atoms with E-state index in [1.807, 2.05) is 4.90 Å². The molecule has 0 bridgehead atoms. The van der Waals surface area contributed by atoms with E-state index in [0.29, 0.717) is 19.0 Å². The summed E-state index contributed by atoms with van der Waals surface area (Å²) in [6.07, 6.45) is 8.11. The van der Waals surface area contributed by atoms with Crippen LogP contribution in [0.2, 0.25) is 0 Å². The standard InChI is InChI=1S/C18H26N4O2/c23-15-10-22(11-15)18-20-16(14-6-7-24-12-14)8-17(21-18)19-9-13-4-2-1-3-5-13/h4,8,14-15,23H,1-3,5-7,9-12H2,(H,19,20,21). The van der Waals surface area contributed by atoms with E-state index in [2.05, 4.69) is 22.4 Å². The maximum atomic E-state index is 9.56. The Bertz CT molecular complexity index is 607. The van der Waals surface area contributed by atoms with Gasteiger partial charge in [-0.3, -0.25) is 0 Å². The van der Waals surface area contributed by atoms with Gasteiger partial charge in [0.15, 0.2) is 0 Å². The smallest absolute Gasteiger partial charge is 0.227 e. The number of rotatable bonds is 5. The van der Waals surface area contributed by atoms with E-state index < -0.39 is 0 Å². The second-order valence-corrected chi connectivity index (χ2v) is 7.06. The molecule has 4 rings (SSSR count). The summed E-state index contributed by atoms with van der Waals surface area (Å²) in [5.74, 6) is 1.96. The molecule has 0 spiro atoms. The molecule has 2 aliphatic heterocycles. The summed E-state index contributed by atoms with van der Waals surface area (Å²) in [6, 6.07) is 2.07. The van der Waals surface area contributed by atoms with Crippen molar-refractivity contribution in [2.75, 3.05) is 43.1 Å². The zero-order chi connectivity index (χ0) is 16.4. The fraction of sp³-hybridized carbons (Fsp3) is 0.667. The predicted molar refractivity (Wildman–Crippen MR) is 93.5 cm³/mol. The van der Waals surface area contributed by atoms with Crippen LogP contribution in [-0.4, -0.2) is 54.0 Å². The molecule has 1 aromatic heterocycles. The number of ether oxygens (including phenoxy) is 1. The maximum absolute atomic E-state index is 9.56. The Balaban J connectivity index is 1.51. The topological polar surface area (TPSA) is 70.5 Å². The van der Waals surface area contributed by atoms with Crippen molar-refractivity contribution >= 4 is 11.8 Å². The molecule has 3 aliphatic rings. The monoisotopic (exact) mass is 330 g/mol. The number of hydrogen-bond acceptors (Lipinski definition) is 6. The van der Waals surface area contributed by atoms with Crippen LogP contribution in [0, 0.1) is 0 Å². The number of nitrogens with one attached hydrogen (secondary N) is 1. The van der Waals surface area contributed by atoms with Crippen LogP contribution < -0.4 is 10.2 Å². The first kappa shape index (κ1) is 15.8. The van der Waals surface area contributed by atoms with Crippen molar-refractivity contribution in [1.29, 1.82) is 0 Å². The quantitative estimate of drug-likeness (QED) is 0.806. The predicted octanol–water partition coefficient (Wildman–Crippen LogP) is 2.07. The van der Waals surface area contributed by atoms with Gasteiger partial charge in [0.25, 0.3) is 0 Å². The van der Waals surface area contributed by atoms with Crippen molar-refractivity contribution in [1.82, 2.24) is 9.97 Å². The first-order valence-corrected chi connectivity index (χ1v) is 9.09. The van der Waals surface area contributed by atoms with Gasteiger partial charge in [-0.2, -0.15) is 4.98 Å². The highest BCUT2D eigenvalue weighted by atomic mass is 16.5. The molecule has 2 fully saturated rings. The van der Waals surface area contributed by atoms with Gasteiger partial charge in [0.2, 0.25) is 5.95 Å². The third-order valence-electron chi connectivity index (χ3n) is 5.11. The fourth-order valence-corrected chi connectivity index (χ4v) is 3.55. The van der Waals surface area contributed by atoms with E-state index in [-0.39, 0.29) is 6.10 Å². The molecule has 0 aromatic carbocycles. The van der Waals surface area contributed by atoms with Crippen molar-refractivity contribution in [2.45, 2.75) is 44.1 Å². The summed E-state index contributed by atoms with van der Waals surface area (Å²) >= 11 is 0. The average Bonchev–Trinajstić information content (AvgIpc) is 3.12. The van der Waals surface area contributed by atoms with Crippen LogP contribution in [-0.2, 0) is 4.74 Å². The van der Waals surface area contributed by atoms with Gasteiger partial charge in [-0.15, -0.1) is 0 Å². The van der Waals surface area contributed by atoms with Crippen molar-refractivity contribution in [3.8, 4) is 0 Å². The molecule has 1 unspecified atom stereocenters. The van der Waals surface area contributed by atoms with Crippen molar-refractivity contribution in [3.05, 3.63) is 23.4 Å². The molecule has 24 heavy (non-hydrogen) atoms. The van der Waals surface area contributed by atoms with Gasteiger partial charge in [-0.05, 0) is 32.1 Å². The highest BCUT2D eigenvalue weighted by Crippen LogP contribution is 2.28. The number of nitrogens with zero attached hydrogens (tertiary/aromatic N) is 3. The maximum Gasteiger partial charge on any atom is 0.227 e. The Morgan fingerprint density at radius 2 is 2.21 bits per heavy atom. The lowest BCUT2D eigenvalue weighted by molar-refractivity contribution is 0.140. The molecular weight excluding hydrogens is 304 g/mol. The first-order chi connectivity index (χ1) is 11.8. The van der Waals surface area contributed by atoms with Gasteiger partial charge in [-0.1, -0.05) is 11.6 Å². The van der Waals surface area contributed by atoms with E-state index in [0.717, 1.165) is 43.6 Å². The molecule has 1 aromatic rings. The number of aliphatic hydroxyl groups is 1. The zero-order valence-corrected chi connectivity index (χ0v) is 14.1. The number of anilines is 2. The summed E-state index contributed by atoms with van der Waals surface area (Å²) in [5, 5.41) is 13.0. The Kier molecular flexibility index (Phi) is 4.67. The van der Waals surface area contributed by atoms with E-state index in [1.54, 1.807) is 0 Å². The van der Waals surface area contributed by atoms with Gasteiger partial charge >= 0.3 is 0 Å². The molecule has 2 N–H and O–H groups in total. The molecule has 6 nitrogen and oxygen atoms in total. The summed E-state index contributed by atoms with van der Waals surface area (Å²) < 4.78 is 5.52. The second-order valence-electron chi connectivity index (χ2n) is 7.06. The highest BCUT2D eigenvalue weighted by molar-refractivity contribution is 5.47. The Morgan fingerprint density at radius 3 is 2.92 bits per heavy atom. The SMILES string of the molecule is OC1CN(c2nc(NCC3=CCCCC3)cc(C3CCOC3)n2)C1. The average molecular weight is 330 g/mol. The molecule has 0 amide bonds. The van der Waals surface area contributed by atoms with Crippen LogP contribution in [0.4, 0.5) is 11.8 Å². The molecule has 130 valence electrons. The van der Waals surface area contributed by atoms with E-state index >= 15 is 0 Å². The van der Waals surface area contributed by atoms with E-state index in [4.69, 9.17) is 9.72 Å². The molecule has 2 saturated heterocycles. The normalized spacial score (nSPS) is 24.6. The van der Waals surface area contributed by atoms with Gasteiger partial charge in [-0.25, -0.2) is 4.98 Å². The van der Waals surface area contributed by atoms with Crippen LogP contribution in [0.3, 0.4) is 0 Å². The lowest BCUT2D eigenvalue weighted by atomic mass is 10.00. The summed E-state index contributed by atoms with van der Waals surface area (Å²) in [4.78, 5) is 11.4. The van der Waals surface area contributed by atoms with Crippen LogP contribution in [0.25, 0.3) is 0 Å². The van der Waals surface area contributed by atoms with Gasteiger partial charge in [0, 0.05) is 38.2 Å². The number of hydrogen-bond donors (Lipinski definition) is 2. The molecule has 3 heterocycles. The van der Waals surface area contributed by atoms with E-state index in [9.17, 15) is 5.11 Å². The third-order valence-corrected chi connectivity index (χ3v) is 5.11. The number of allylic oxidation sites excluding steroid dienone is 1. The Morgan fingerprint density at radius 1 is 1.29 bits per heavy atom. The second kappa shape index (κ2) is 7.07. The zero-order valence-electron chi connectivity index (χ0n) is 14.1. The van der Waals surface area contributed by atoms with Crippen molar-refractivity contribution in [3.63, 3.8) is 0 Å². The molecule has 1 atom stereocenters. The van der Waals surface area contributed by atoms with Crippen LogP contribution in [0.15, 0.2) is 17.7 Å². The van der Waals surface area contributed by atoms with Crippen molar-refractivity contribution < 1.29 is 9.84 Å². The number of aromatic nitrogens is 2. The van der Waals surface area contributed by atoms with Gasteiger partial charge in [0.1, 0.15) is 5.82 Å². The lowest BCUT2D eigenvalue weighted by Crippen LogP contribution is -2.51. The van der Waals surface area contributed by atoms with Crippen LogP contribution >= 0.6 is 0 Å². The summed E-state index contributed by atoms with van der Waals surface area (Å²) in [6.45, 7) is 3.65. The minimum atomic E-state index is -0.254. The van der Waals surface area contributed by atoms with Crippen LogP contribution in [0.5, 0.6) is 0 Å². The van der Waals surface area contributed by atoms with Gasteiger partial charge in [0.05, 0.1) is 18.4 Å². The minimum absolute atomic E-state index is 0.254. The number of aliphatic hydroxyl groups excluding tert-OH is 1. The highest BCUT2D eigenvalue weighted by Gasteiger charge is 2.28. The Hall–Kier alpha value is -1.66. The molecular formula is C18H26N4O2. The largest absolute Gasteiger partial charge is 0.389 e. The third kappa shape index (κ3) is 3.54. The minimum Gasteiger partial charge on any atom is -0.389 e. The van der Waals surface area contributed by atoms with Crippen molar-refractivity contribution in [2.24, 2.45) is 0 Å². The number of β-amino-alcohol motifs (C(OH)–C–C–N with tert-alkyl or cyclic N) is 1. The fourth-order valence-electron chi connectivity index (χ4n) is 3.55. The van der Waals surface area contributed by atoms with Gasteiger partial charge < -0.3 is 20.1 Å². The molecule has 6 heteroatoms.